The number of carboxylic acid groups (broad SMARTS) is 1. The Hall–Kier alpha value is -1.30. The molecule has 2 rings (SSSR count). The van der Waals surface area contributed by atoms with Gasteiger partial charge in [0.25, 0.3) is 0 Å². The van der Waals surface area contributed by atoms with Crippen molar-refractivity contribution in [2.45, 2.75) is 19.3 Å². The molecule has 2 amide bonds. The van der Waals surface area contributed by atoms with Gasteiger partial charge in [-0.25, -0.2) is 4.79 Å². The fraction of sp³-hybridized carbons (Fsp3) is 0.833. The van der Waals surface area contributed by atoms with E-state index in [0.717, 1.165) is 19.4 Å². The summed E-state index contributed by atoms with van der Waals surface area (Å²) in [6.07, 6.45) is 2.41. The van der Waals surface area contributed by atoms with E-state index < -0.39 is 11.9 Å². The largest absolute Gasteiger partial charge is 0.481 e. The third-order valence-electron chi connectivity index (χ3n) is 3.62. The predicted molar refractivity (Wildman–Crippen MR) is 64.3 cm³/mol. The molecule has 6 nitrogen and oxygen atoms in total. The normalized spacial score (nSPS) is 28.1. The summed E-state index contributed by atoms with van der Waals surface area (Å²) < 4.78 is 5.24. The summed E-state index contributed by atoms with van der Waals surface area (Å²) in [6.45, 7) is 3.07. The second-order valence-electron chi connectivity index (χ2n) is 5.04. The minimum Gasteiger partial charge on any atom is -0.481 e. The predicted octanol–water partition coefficient (Wildman–Crippen LogP) is 0.529. The molecule has 2 N–H and O–H groups in total. The van der Waals surface area contributed by atoms with Gasteiger partial charge < -0.3 is 20.1 Å². The first-order chi connectivity index (χ1) is 8.66. The van der Waals surface area contributed by atoms with E-state index in [2.05, 4.69) is 5.32 Å². The van der Waals surface area contributed by atoms with Crippen LogP contribution in [-0.4, -0.2) is 54.9 Å². The molecular formula is C12H20N2O4. The van der Waals surface area contributed by atoms with Crippen molar-refractivity contribution in [2.24, 2.45) is 11.8 Å². The van der Waals surface area contributed by atoms with E-state index >= 15 is 0 Å². The SMILES string of the molecule is O=C(O)[C@H]1CCCN(C(=O)NCC2CCOC2)C1. The summed E-state index contributed by atoms with van der Waals surface area (Å²) in [6, 6.07) is -0.146. The molecule has 1 unspecified atom stereocenters. The molecule has 102 valence electrons. The van der Waals surface area contributed by atoms with Gasteiger partial charge in [0.1, 0.15) is 0 Å². The summed E-state index contributed by atoms with van der Waals surface area (Å²) in [5, 5.41) is 11.8. The lowest BCUT2D eigenvalue weighted by molar-refractivity contribution is -0.143. The number of carbonyl (C=O) groups excluding carboxylic acids is 1. The lowest BCUT2D eigenvalue weighted by atomic mass is 9.99. The van der Waals surface area contributed by atoms with Crippen molar-refractivity contribution in [3.05, 3.63) is 0 Å². The second kappa shape index (κ2) is 6.04. The number of carbonyl (C=O) groups is 2. The zero-order chi connectivity index (χ0) is 13.0. The van der Waals surface area contributed by atoms with Crippen molar-refractivity contribution in [1.29, 1.82) is 0 Å². The van der Waals surface area contributed by atoms with Gasteiger partial charge in [0, 0.05) is 32.2 Å². The van der Waals surface area contributed by atoms with Crippen molar-refractivity contribution in [1.82, 2.24) is 10.2 Å². The molecule has 2 heterocycles. The van der Waals surface area contributed by atoms with E-state index in [-0.39, 0.29) is 6.03 Å². The number of hydrogen-bond acceptors (Lipinski definition) is 3. The molecule has 2 fully saturated rings. The Bertz CT molecular complexity index is 315. The highest BCUT2D eigenvalue weighted by atomic mass is 16.5. The van der Waals surface area contributed by atoms with E-state index in [1.807, 2.05) is 0 Å². The van der Waals surface area contributed by atoms with Crippen molar-refractivity contribution in [3.8, 4) is 0 Å². The topological polar surface area (TPSA) is 78.9 Å². The van der Waals surface area contributed by atoms with Crippen LogP contribution in [0.25, 0.3) is 0 Å². The molecule has 0 saturated carbocycles. The number of ether oxygens (including phenoxy) is 1. The van der Waals surface area contributed by atoms with Crippen LogP contribution >= 0.6 is 0 Å². The molecule has 0 aromatic rings. The van der Waals surface area contributed by atoms with Crippen LogP contribution in [-0.2, 0) is 9.53 Å². The number of nitrogens with zero attached hydrogens (tertiary/aromatic N) is 1. The third kappa shape index (κ3) is 3.35. The minimum atomic E-state index is -0.809. The summed E-state index contributed by atoms with van der Waals surface area (Å²) in [4.78, 5) is 24.4. The Kier molecular flexibility index (Phi) is 4.41. The van der Waals surface area contributed by atoms with Crippen LogP contribution in [0.4, 0.5) is 4.79 Å². The quantitative estimate of drug-likeness (QED) is 0.772. The Morgan fingerprint density at radius 3 is 2.89 bits per heavy atom. The standard InChI is InChI=1S/C12H20N2O4/c15-11(16)10-2-1-4-14(7-10)12(17)13-6-9-3-5-18-8-9/h9-10H,1-8H2,(H,13,17)(H,15,16)/t9?,10-/m0/s1. The van der Waals surface area contributed by atoms with Crippen LogP contribution in [0.2, 0.25) is 0 Å². The Labute approximate surface area is 106 Å². The molecule has 0 aliphatic carbocycles. The smallest absolute Gasteiger partial charge is 0.317 e. The first kappa shape index (κ1) is 13.1. The van der Waals surface area contributed by atoms with Crippen LogP contribution in [0.1, 0.15) is 19.3 Å². The molecule has 2 saturated heterocycles. The summed E-state index contributed by atoms with van der Waals surface area (Å²) in [5.74, 6) is -0.829. The highest BCUT2D eigenvalue weighted by Crippen LogP contribution is 2.17. The van der Waals surface area contributed by atoms with Gasteiger partial charge in [-0.3, -0.25) is 4.79 Å². The molecule has 18 heavy (non-hydrogen) atoms. The minimum absolute atomic E-state index is 0.146. The first-order valence-electron chi connectivity index (χ1n) is 6.50. The van der Waals surface area contributed by atoms with Gasteiger partial charge >= 0.3 is 12.0 Å². The van der Waals surface area contributed by atoms with Crippen LogP contribution in [0.15, 0.2) is 0 Å². The van der Waals surface area contributed by atoms with Crippen molar-refractivity contribution in [2.75, 3.05) is 32.8 Å². The Morgan fingerprint density at radius 2 is 2.22 bits per heavy atom. The molecule has 0 spiro atoms. The van der Waals surface area contributed by atoms with Crippen molar-refractivity contribution >= 4 is 12.0 Å². The zero-order valence-electron chi connectivity index (χ0n) is 10.4. The Balaban J connectivity index is 1.75. The van der Waals surface area contributed by atoms with Gasteiger partial charge in [0.05, 0.1) is 12.5 Å². The maximum absolute atomic E-state index is 11.9. The molecule has 2 aliphatic heterocycles. The molecule has 2 atom stereocenters. The average molecular weight is 256 g/mol. The fourth-order valence-corrected chi connectivity index (χ4v) is 2.45. The van der Waals surface area contributed by atoms with Crippen LogP contribution in [0.3, 0.4) is 0 Å². The lowest BCUT2D eigenvalue weighted by Gasteiger charge is -2.31. The number of hydrogen-bond donors (Lipinski definition) is 2. The molecule has 6 heteroatoms. The van der Waals surface area contributed by atoms with E-state index in [0.29, 0.717) is 38.6 Å². The van der Waals surface area contributed by atoms with Gasteiger partial charge in [0.2, 0.25) is 0 Å². The molecule has 0 aromatic heterocycles. The average Bonchev–Trinajstić information content (AvgIpc) is 2.89. The number of likely N-dealkylation sites (tertiary alicyclic amines) is 1. The van der Waals surface area contributed by atoms with Gasteiger partial charge in [-0.05, 0) is 19.3 Å². The molecule has 0 aromatic carbocycles. The van der Waals surface area contributed by atoms with E-state index in [1.165, 1.54) is 0 Å². The maximum atomic E-state index is 11.9. The van der Waals surface area contributed by atoms with E-state index in [1.54, 1.807) is 4.90 Å². The van der Waals surface area contributed by atoms with Gasteiger partial charge in [0.15, 0.2) is 0 Å². The second-order valence-corrected chi connectivity index (χ2v) is 5.04. The Morgan fingerprint density at radius 1 is 1.39 bits per heavy atom. The van der Waals surface area contributed by atoms with Gasteiger partial charge in [-0.15, -0.1) is 0 Å². The lowest BCUT2D eigenvalue weighted by Crippen LogP contribution is -2.48. The number of rotatable bonds is 3. The number of amides is 2. The maximum Gasteiger partial charge on any atom is 0.317 e. The fourth-order valence-electron chi connectivity index (χ4n) is 2.45. The van der Waals surface area contributed by atoms with Crippen molar-refractivity contribution < 1.29 is 19.4 Å². The zero-order valence-corrected chi connectivity index (χ0v) is 10.4. The molecule has 0 bridgehead atoms. The number of aliphatic carboxylic acids is 1. The summed E-state index contributed by atoms with van der Waals surface area (Å²) in [7, 11) is 0. The van der Waals surface area contributed by atoms with Gasteiger partial charge in [-0.2, -0.15) is 0 Å². The van der Waals surface area contributed by atoms with E-state index in [4.69, 9.17) is 9.84 Å². The summed E-state index contributed by atoms with van der Waals surface area (Å²) >= 11 is 0. The number of piperidine rings is 1. The highest BCUT2D eigenvalue weighted by molar-refractivity contribution is 5.76. The number of carboxylic acids is 1. The first-order valence-corrected chi connectivity index (χ1v) is 6.50. The summed E-state index contributed by atoms with van der Waals surface area (Å²) in [5.41, 5.74) is 0. The van der Waals surface area contributed by atoms with Crippen LogP contribution in [0, 0.1) is 11.8 Å². The molecular weight excluding hydrogens is 236 g/mol. The molecule has 2 aliphatic rings. The number of urea groups is 1. The van der Waals surface area contributed by atoms with Crippen LogP contribution in [0.5, 0.6) is 0 Å². The molecule has 0 radical (unpaired) electrons. The third-order valence-corrected chi connectivity index (χ3v) is 3.62. The van der Waals surface area contributed by atoms with E-state index in [9.17, 15) is 9.59 Å². The van der Waals surface area contributed by atoms with Gasteiger partial charge in [-0.1, -0.05) is 0 Å². The van der Waals surface area contributed by atoms with Crippen LogP contribution < -0.4 is 5.32 Å². The highest BCUT2D eigenvalue weighted by Gasteiger charge is 2.28. The van der Waals surface area contributed by atoms with Crippen molar-refractivity contribution in [3.63, 3.8) is 0 Å². The number of nitrogens with one attached hydrogen (secondary N) is 1. The monoisotopic (exact) mass is 256 g/mol.